The highest BCUT2D eigenvalue weighted by Gasteiger charge is 2.28. The minimum absolute atomic E-state index is 0.00968. The third-order valence-corrected chi connectivity index (χ3v) is 7.07. The van der Waals surface area contributed by atoms with Crippen LogP contribution in [0.1, 0.15) is 32.4 Å². The van der Waals surface area contributed by atoms with Gasteiger partial charge in [0.05, 0.1) is 28.2 Å². The summed E-state index contributed by atoms with van der Waals surface area (Å²) < 4.78 is 16.7. The zero-order valence-electron chi connectivity index (χ0n) is 19.2. The molecular weight excluding hydrogens is 481 g/mol. The number of H-pyrrole nitrogens is 1. The molecule has 0 saturated carbocycles. The molecule has 0 unspecified atom stereocenters. The van der Waals surface area contributed by atoms with E-state index in [4.69, 9.17) is 0 Å². The van der Waals surface area contributed by atoms with Gasteiger partial charge in [-0.1, -0.05) is 24.3 Å². The van der Waals surface area contributed by atoms with Gasteiger partial charge in [-0.3, -0.25) is 9.59 Å². The maximum Gasteiger partial charge on any atom is 0.272 e. The molecule has 6 rings (SSSR count). The number of hydrogen-bond acceptors (Lipinski definition) is 7. The first-order valence-electron chi connectivity index (χ1n) is 11.4. The number of aromatic nitrogens is 6. The van der Waals surface area contributed by atoms with Gasteiger partial charge in [0.2, 0.25) is 0 Å². The number of hydrogen-bond donors (Lipinski definition) is 1. The number of carbonyl (C=O) groups excluding carboxylic acids is 1. The van der Waals surface area contributed by atoms with Crippen LogP contribution in [-0.4, -0.2) is 47.3 Å². The fourth-order valence-electron chi connectivity index (χ4n) is 4.50. The Labute approximate surface area is 208 Å². The molecule has 5 aromatic rings. The van der Waals surface area contributed by atoms with Crippen LogP contribution in [0.2, 0.25) is 0 Å². The van der Waals surface area contributed by atoms with Crippen molar-refractivity contribution in [2.75, 3.05) is 6.54 Å². The molecule has 0 atom stereocenters. The molecule has 0 spiro atoms. The van der Waals surface area contributed by atoms with Gasteiger partial charge in [0, 0.05) is 30.3 Å². The van der Waals surface area contributed by atoms with Crippen LogP contribution in [0.15, 0.2) is 52.6 Å². The number of rotatable bonds is 4. The van der Waals surface area contributed by atoms with Crippen molar-refractivity contribution in [3.8, 4) is 11.5 Å². The van der Waals surface area contributed by atoms with Gasteiger partial charge in [0.1, 0.15) is 11.5 Å². The number of thiazole rings is 1. The molecule has 4 heterocycles. The lowest BCUT2D eigenvalue weighted by molar-refractivity contribution is 0.0703. The molecule has 0 radical (unpaired) electrons. The second-order valence-corrected chi connectivity index (χ2v) is 9.67. The highest BCUT2D eigenvalue weighted by Crippen LogP contribution is 2.25. The zero-order valence-corrected chi connectivity index (χ0v) is 20.0. The van der Waals surface area contributed by atoms with Gasteiger partial charge >= 0.3 is 0 Å². The Morgan fingerprint density at radius 2 is 1.97 bits per heavy atom. The molecule has 180 valence electrons. The largest absolute Gasteiger partial charge is 0.329 e. The van der Waals surface area contributed by atoms with Crippen LogP contribution in [0.4, 0.5) is 4.39 Å². The summed E-state index contributed by atoms with van der Waals surface area (Å²) in [5, 5.41) is 19.4. The van der Waals surface area contributed by atoms with Crippen molar-refractivity contribution in [2.24, 2.45) is 0 Å². The Balaban J connectivity index is 1.26. The zero-order chi connectivity index (χ0) is 24.8. The van der Waals surface area contributed by atoms with Crippen molar-refractivity contribution in [1.82, 2.24) is 34.8 Å². The maximum absolute atomic E-state index is 14.8. The van der Waals surface area contributed by atoms with E-state index in [-0.39, 0.29) is 17.7 Å². The van der Waals surface area contributed by atoms with E-state index < -0.39 is 11.7 Å². The lowest BCUT2D eigenvalue weighted by Crippen LogP contribution is -2.39. The van der Waals surface area contributed by atoms with Gasteiger partial charge in [-0.2, -0.15) is 5.10 Å². The SMILES string of the molecule is Cc1nc(-c2nnc3n2CCN(C(=O)c2cc(Cc4n[nH]c(=O)c5ccccc45)ccc2F)C3)cs1. The quantitative estimate of drug-likeness (QED) is 0.405. The summed E-state index contributed by atoms with van der Waals surface area (Å²) >= 11 is 1.54. The topological polar surface area (TPSA) is 110 Å². The normalized spacial score (nSPS) is 13.2. The smallest absolute Gasteiger partial charge is 0.272 e. The summed E-state index contributed by atoms with van der Waals surface area (Å²) in [4.78, 5) is 31.5. The summed E-state index contributed by atoms with van der Waals surface area (Å²) in [6.45, 7) is 3.05. The van der Waals surface area contributed by atoms with Crippen molar-refractivity contribution in [2.45, 2.75) is 26.4 Å². The second kappa shape index (κ2) is 8.76. The average Bonchev–Trinajstić information content (AvgIpc) is 3.52. The van der Waals surface area contributed by atoms with Crippen molar-refractivity contribution in [3.63, 3.8) is 0 Å². The minimum Gasteiger partial charge on any atom is -0.329 e. The van der Waals surface area contributed by atoms with Crippen LogP contribution >= 0.6 is 11.3 Å². The predicted octanol–water partition coefficient (Wildman–Crippen LogP) is 3.33. The predicted molar refractivity (Wildman–Crippen MR) is 132 cm³/mol. The van der Waals surface area contributed by atoms with Crippen molar-refractivity contribution in [3.05, 3.63) is 91.7 Å². The van der Waals surface area contributed by atoms with Crippen LogP contribution in [0.25, 0.3) is 22.3 Å². The number of nitrogens with zero attached hydrogens (tertiary/aromatic N) is 6. The fraction of sp³-hybridized carbons (Fsp3) is 0.200. The van der Waals surface area contributed by atoms with Crippen LogP contribution in [0, 0.1) is 12.7 Å². The van der Waals surface area contributed by atoms with E-state index >= 15 is 0 Å². The Hall–Kier alpha value is -4.25. The van der Waals surface area contributed by atoms with E-state index in [1.807, 2.05) is 29.0 Å². The number of aromatic amines is 1. The van der Waals surface area contributed by atoms with E-state index in [1.54, 1.807) is 40.5 Å². The minimum atomic E-state index is -0.589. The molecule has 0 saturated heterocycles. The van der Waals surface area contributed by atoms with Crippen LogP contribution < -0.4 is 5.56 Å². The van der Waals surface area contributed by atoms with Gasteiger partial charge in [-0.15, -0.1) is 21.5 Å². The van der Waals surface area contributed by atoms with E-state index in [0.717, 1.165) is 16.1 Å². The molecular formula is C25H20FN7O2S. The Morgan fingerprint density at radius 1 is 1.14 bits per heavy atom. The summed E-state index contributed by atoms with van der Waals surface area (Å²) in [6, 6.07) is 11.7. The molecule has 1 amide bonds. The second-order valence-electron chi connectivity index (χ2n) is 8.61. The Morgan fingerprint density at radius 3 is 2.78 bits per heavy atom. The molecule has 0 aliphatic carbocycles. The number of amides is 1. The molecule has 3 aromatic heterocycles. The number of nitrogens with one attached hydrogen (secondary N) is 1. The van der Waals surface area contributed by atoms with Gasteiger partial charge < -0.3 is 9.47 Å². The summed E-state index contributed by atoms with van der Waals surface area (Å²) in [5.41, 5.74) is 1.84. The highest BCUT2D eigenvalue weighted by molar-refractivity contribution is 7.09. The van der Waals surface area contributed by atoms with Crippen molar-refractivity contribution in [1.29, 1.82) is 0 Å². The first-order valence-corrected chi connectivity index (χ1v) is 12.2. The molecule has 1 aliphatic heterocycles. The fourth-order valence-corrected chi connectivity index (χ4v) is 5.09. The molecule has 9 nitrogen and oxygen atoms in total. The number of benzene rings is 2. The van der Waals surface area contributed by atoms with Crippen molar-refractivity contribution < 1.29 is 9.18 Å². The molecule has 2 aromatic carbocycles. The monoisotopic (exact) mass is 501 g/mol. The van der Waals surface area contributed by atoms with E-state index in [9.17, 15) is 14.0 Å². The van der Waals surface area contributed by atoms with E-state index in [1.165, 1.54) is 6.07 Å². The first-order chi connectivity index (χ1) is 17.5. The molecule has 1 aliphatic rings. The standard InChI is InChI=1S/C25H20FN7O2S/c1-14-27-21(13-36-14)23-30-29-22-12-32(8-9-33(22)23)25(35)18-10-15(6-7-19(18)26)11-20-16-4-2-3-5-17(16)24(34)31-28-20/h2-7,10,13H,8-9,11-12H2,1H3,(H,31,34). The van der Waals surface area contributed by atoms with Gasteiger partial charge in [0.25, 0.3) is 11.5 Å². The Kier molecular flexibility index (Phi) is 5.41. The molecule has 0 bridgehead atoms. The lowest BCUT2D eigenvalue weighted by atomic mass is 10.0. The summed E-state index contributed by atoms with van der Waals surface area (Å²) in [7, 11) is 0. The number of fused-ring (bicyclic) bond motifs is 2. The van der Waals surface area contributed by atoms with Crippen molar-refractivity contribution >= 4 is 28.0 Å². The summed E-state index contributed by atoms with van der Waals surface area (Å²) in [6.07, 6.45) is 0.336. The van der Waals surface area contributed by atoms with E-state index in [2.05, 4.69) is 25.4 Å². The highest BCUT2D eigenvalue weighted by atomic mass is 32.1. The van der Waals surface area contributed by atoms with Gasteiger partial charge in [0.15, 0.2) is 11.6 Å². The average molecular weight is 502 g/mol. The maximum atomic E-state index is 14.8. The van der Waals surface area contributed by atoms with E-state index in [0.29, 0.717) is 47.8 Å². The number of halogens is 1. The number of aryl methyl sites for hydroxylation is 1. The molecule has 0 fully saturated rings. The van der Waals surface area contributed by atoms with Gasteiger partial charge in [-0.05, 0) is 30.7 Å². The summed E-state index contributed by atoms with van der Waals surface area (Å²) in [5.74, 6) is 0.314. The van der Waals surface area contributed by atoms with Crippen LogP contribution in [0.3, 0.4) is 0 Å². The first kappa shape index (κ1) is 22.2. The molecule has 36 heavy (non-hydrogen) atoms. The Bertz CT molecular complexity index is 1690. The van der Waals surface area contributed by atoms with Crippen LogP contribution in [-0.2, 0) is 19.5 Å². The lowest BCUT2D eigenvalue weighted by Gasteiger charge is -2.28. The third-order valence-electron chi connectivity index (χ3n) is 6.30. The van der Waals surface area contributed by atoms with Crippen LogP contribution in [0.5, 0.6) is 0 Å². The third kappa shape index (κ3) is 3.87. The number of carbonyl (C=O) groups is 1. The van der Waals surface area contributed by atoms with Gasteiger partial charge in [-0.25, -0.2) is 14.5 Å². The molecule has 1 N–H and O–H groups in total. The molecule has 11 heteroatoms.